The molecular weight excluding hydrogens is 548 g/mol. The van der Waals surface area contributed by atoms with Crippen LogP contribution in [0.1, 0.15) is 32.3 Å². The molecule has 210 valence electrons. The number of nitrogens with zero attached hydrogens (tertiary/aromatic N) is 3. The predicted octanol–water partition coefficient (Wildman–Crippen LogP) is 6.52. The maximum Gasteiger partial charge on any atom is 0.334 e. The molecule has 3 rings (SSSR count). The van der Waals surface area contributed by atoms with Crippen LogP contribution in [0, 0.1) is 6.92 Å². The minimum atomic E-state index is -1.54. The molecule has 0 bridgehead atoms. The van der Waals surface area contributed by atoms with Crippen LogP contribution in [0.5, 0.6) is 5.75 Å². The van der Waals surface area contributed by atoms with Crippen LogP contribution in [-0.4, -0.2) is 70.6 Å². The summed E-state index contributed by atoms with van der Waals surface area (Å²) in [5.41, 5.74) is 2.69. The van der Waals surface area contributed by atoms with E-state index in [-0.39, 0.29) is 5.91 Å². The van der Waals surface area contributed by atoms with Gasteiger partial charge in [-0.3, -0.25) is 19.1 Å². The summed E-state index contributed by atoms with van der Waals surface area (Å²) in [4.78, 5) is 18.9. The fourth-order valence-corrected chi connectivity index (χ4v) is 5.55. The largest absolute Gasteiger partial charge is 0.494 e. The number of piperazine rings is 1. The Balaban J connectivity index is 1.46. The van der Waals surface area contributed by atoms with Crippen LogP contribution in [0.2, 0.25) is 10.0 Å². The number of unbranched alkanes of at least 4 members (excludes halogenated alkanes) is 1. The highest BCUT2D eigenvalue weighted by Gasteiger charge is 2.25. The molecule has 2 aromatic rings. The van der Waals surface area contributed by atoms with E-state index in [4.69, 9.17) is 41.5 Å². The van der Waals surface area contributed by atoms with Crippen LogP contribution < -0.4 is 14.5 Å². The average molecular weight is 586 g/mol. The third-order valence-corrected chi connectivity index (χ3v) is 8.34. The van der Waals surface area contributed by atoms with Gasteiger partial charge in [0, 0.05) is 53.4 Å². The van der Waals surface area contributed by atoms with E-state index in [1.807, 2.05) is 43.3 Å². The molecule has 1 unspecified atom stereocenters. The van der Waals surface area contributed by atoms with Gasteiger partial charge in [0.1, 0.15) is 12.0 Å². The monoisotopic (exact) mass is 585 g/mol. The highest BCUT2D eigenvalue weighted by molar-refractivity contribution is 7.41. The third kappa shape index (κ3) is 8.43. The van der Waals surface area contributed by atoms with Crippen molar-refractivity contribution in [3.63, 3.8) is 0 Å². The van der Waals surface area contributed by atoms with E-state index < -0.39 is 14.8 Å². The molecule has 0 aromatic heterocycles. The lowest BCUT2D eigenvalue weighted by Gasteiger charge is -2.36. The van der Waals surface area contributed by atoms with Gasteiger partial charge >= 0.3 is 8.60 Å². The Bertz CT molecular complexity index is 1050. The Morgan fingerprint density at radius 2 is 1.79 bits per heavy atom. The summed E-state index contributed by atoms with van der Waals surface area (Å²) in [5, 5.41) is 1.22. The molecule has 1 saturated heterocycles. The number of hydrogen-bond acceptors (Lipinski definition) is 7. The number of aryl methyl sites for hydroxylation is 1. The average Bonchev–Trinajstić information content (AvgIpc) is 2.90. The van der Waals surface area contributed by atoms with Gasteiger partial charge in [0.05, 0.1) is 28.0 Å². The number of carbonyl (C=O) groups is 1. The van der Waals surface area contributed by atoms with Crippen LogP contribution in [0.25, 0.3) is 0 Å². The first-order valence-electron chi connectivity index (χ1n) is 12.7. The molecule has 1 fully saturated rings. The summed E-state index contributed by atoms with van der Waals surface area (Å²) in [6.45, 7) is 10.7. The molecule has 1 atom stereocenters. The zero-order valence-electron chi connectivity index (χ0n) is 22.8. The van der Waals surface area contributed by atoms with Crippen molar-refractivity contribution in [2.75, 3.05) is 63.4 Å². The maximum atomic E-state index is 12.5. The van der Waals surface area contributed by atoms with Gasteiger partial charge in [0.25, 0.3) is 0 Å². The maximum absolute atomic E-state index is 12.5. The highest BCUT2D eigenvalue weighted by Crippen LogP contribution is 2.40. The van der Waals surface area contributed by atoms with Crippen molar-refractivity contribution in [1.82, 2.24) is 4.90 Å². The Hall–Kier alpha value is -1.64. The first-order valence-corrected chi connectivity index (χ1v) is 14.6. The molecule has 0 radical (unpaired) electrons. The molecule has 38 heavy (non-hydrogen) atoms. The second kappa shape index (κ2) is 15.2. The van der Waals surface area contributed by atoms with Crippen molar-refractivity contribution >= 4 is 49.1 Å². The van der Waals surface area contributed by atoms with Crippen LogP contribution in [0.4, 0.5) is 11.4 Å². The number of benzene rings is 2. The van der Waals surface area contributed by atoms with Crippen molar-refractivity contribution in [1.29, 1.82) is 0 Å². The predicted molar refractivity (Wildman–Crippen MR) is 156 cm³/mol. The number of hydrogen-bond donors (Lipinski definition) is 0. The summed E-state index contributed by atoms with van der Waals surface area (Å²) in [6.07, 6.45) is 1.41. The molecule has 1 aliphatic heterocycles. The molecule has 1 heterocycles. The SMILES string of the molecule is COP(OC)OC(C)N(C(C)=O)c1cc(OCCCCN2CCN(c3cccc(Cl)c3Cl)CC2)ccc1C. The van der Waals surface area contributed by atoms with Crippen molar-refractivity contribution in [2.24, 2.45) is 0 Å². The third-order valence-electron chi connectivity index (χ3n) is 6.46. The molecule has 1 aliphatic rings. The lowest BCUT2D eigenvalue weighted by molar-refractivity contribution is -0.118. The number of anilines is 2. The van der Waals surface area contributed by atoms with Crippen LogP contribution in [-0.2, 0) is 18.4 Å². The van der Waals surface area contributed by atoms with Gasteiger partial charge in [-0.2, -0.15) is 0 Å². The first-order chi connectivity index (χ1) is 18.2. The van der Waals surface area contributed by atoms with E-state index in [9.17, 15) is 4.79 Å². The molecule has 2 aromatic carbocycles. The minimum Gasteiger partial charge on any atom is -0.494 e. The van der Waals surface area contributed by atoms with Gasteiger partial charge in [0.2, 0.25) is 5.91 Å². The normalized spacial score (nSPS) is 15.1. The number of rotatable bonds is 13. The molecule has 8 nitrogen and oxygen atoms in total. The number of amides is 1. The lowest BCUT2D eigenvalue weighted by Crippen LogP contribution is -2.46. The summed E-state index contributed by atoms with van der Waals surface area (Å²) >= 11 is 12.6. The van der Waals surface area contributed by atoms with Gasteiger partial charge in [-0.05, 0) is 57.0 Å². The van der Waals surface area contributed by atoms with Crippen LogP contribution >= 0.6 is 31.8 Å². The molecule has 11 heteroatoms. The van der Waals surface area contributed by atoms with E-state index in [0.717, 1.165) is 68.3 Å². The molecule has 0 aliphatic carbocycles. The molecule has 0 saturated carbocycles. The molecular formula is C27H38Cl2N3O5P. The van der Waals surface area contributed by atoms with Crippen molar-refractivity contribution < 1.29 is 23.1 Å². The Kier molecular flexibility index (Phi) is 12.4. The summed E-state index contributed by atoms with van der Waals surface area (Å²) in [7, 11) is 1.48. The molecule has 0 N–H and O–H groups in total. The van der Waals surface area contributed by atoms with E-state index in [1.165, 1.54) is 21.1 Å². The second-order valence-electron chi connectivity index (χ2n) is 9.09. The summed E-state index contributed by atoms with van der Waals surface area (Å²) in [6, 6.07) is 11.6. The van der Waals surface area contributed by atoms with Crippen molar-refractivity contribution in [3.8, 4) is 5.75 Å². The summed E-state index contributed by atoms with van der Waals surface area (Å²) in [5.74, 6) is 0.578. The van der Waals surface area contributed by atoms with Gasteiger partial charge in [0.15, 0.2) is 0 Å². The fraction of sp³-hybridized carbons (Fsp3) is 0.519. The number of ether oxygens (including phenoxy) is 1. The zero-order chi connectivity index (χ0) is 27.7. The lowest BCUT2D eigenvalue weighted by atomic mass is 10.1. The van der Waals surface area contributed by atoms with Gasteiger partial charge in [-0.1, -0.05) is 35.3 Å². The number of carbonyl (C=O) groups excluding carboxylic acids is 1. The first kappa shape index (κ1) is 30.9. The van der Waals surface area contributed by atoms with E-state index >= 15 is 0 Å². The number of halogens is 2. The zero-order valence-corrected chi connectivity index (χ0v) is 25.2. The van der Waals surface area contributed by atoms with E-state index in [0.29, 0.717) is 16.7 Å². The fourth-order valence-electron chi connectivity index (χ4n) is 4.47. The minimum absolute atomic E-state index is 0.141. The molecule has 0 spiro atoms. The van der Waals surface area contributed by atoms with E-state index in [2.05, 4.69) is 9.80 Å². The second-order valence-corrected chi connectivity index (χ2v) is 11.3. The summed E-state index contributed by atoms with van der Waals surface area (Å²) < 4.78 is 22.2. The van der Waals surface area contributed by atoms with Crippen LogP contribution in [0.15, 0.2) is 36.4 Å². The smallest absolute Gasteiger partial charge is 0.334 e. The molecule has 1 amide bonds. The van der Waals surface area contributed by atoms with Gasteiger partial charge in [-0.15, -0.1) is 0 Å². The van der Waals surface area contributed by atoms with Gasteiger partial charge in [-0.25, -0.2) is 0 Å². The topological polar surface area (TPSA) is 63.7 Å². The van der Waals surface area contributed by atoms with Crippen molar-refractivity contribution in [2.45, 2.75) is 39.8 Å². The Labute approximate surface area is 237 Å². The van der Waals surface area contributed by atoms with E-state index in [1.54, 1.807) is 11.8 Å². The van der Waals surface area contributed by atoms with Crippen molar-refractivity contribution in [3.05, 3.63) is 52.0 Å². The highest BCUT2D eigenvalue weighted by atomic mass is 35.5. The standard InChI is InChI=1S/C27H38Cl2N3O5P/c1-20-11-12-23(19-26(20)32(21(2)33)22(3)37-38(34-4)35-5)36-18-7-6-13-30-14-16-31(17-15-30)25-10-8-9-24(28)27(25)29/h8-12,19,22H,6-7,13-18H2,1-5H3. The quantitative estimate of drug-likeness (QED) is 0.151. The Morgan fingerprint density at radius 3 is 2.45 bits per heavy atom. The van der Waals surface area contributed by atoms with Crippen LogP contribution in [0.3, 0.4) is 0 Å². The Morgan fingerprint density at radius 1 is 1.08 bits per heavy atom. The van der Waals surface area contributed by atoms with Gasteiger partial charge < -0.3 is 18.7 Å².